The summed E-state index contributed by atoms with van der Waals surface area (Å²) in [5.74, 6) is -3.50. The third kappa shape index (κ3) is 28.1. The summed E-state index contributed by atoms with van der Waals surface area (Å²) < 4.78 is 20.5. The second kappa shape index (κ2) is 40.2. The van der Waals surface area contributed by atoms with Crippen molar-refractivity contribution in [2.45, 2.75) is 106 Å². The number of hydrogen-bond acceptors (Lipinski definition) is 25. The van der Waals surface area contributed by atoms with Crippen molar-refractivity contribution in [1.29, 1.82) is 0 Å². The Balaban J connectivity index is 1.16. The van der Waals surface area contributed by atoms with Crippen LogP contribution >= 0.6 is 47.0 Å². The van der Waals surface area contributed by atoms with Crippen molar-refractivity contribution < 1.29 is 58.0 Å². The number of fused-ring (bicyclic) bond motifs is 1. The second-order valence-electron chi connectivity index (χ2n) is 20.8. The highest BCUT2D eigenvalue weighted by Crippen LogP contribution is 2.33. The molecule has 2 fully saturated rings. The summed E-state index contributed by atoms with van der Waals surface area (Å²) in [5.41, 5.74) is -9.74. The average Bonchev–Trinajstić information content (AvgIpc) is 1.73. The molecule has 7 amide bonds. The van der Waals surface area contributed by atoms with Crippen LogP contribution in [-0.4, -0.2) is 231 Å². The number of aliphatic imine (C=N–C) groups is 1. The van der Waals surface area contributed by atoms with Gasteiger partial charge in [-0.05, 0) is 44.4 Å². The van der Waals surface area contributed by atoms with Gasteiger partial charge in [0.25, 0.3) is 0 Å². The van der Waals surface area contributed by atoms with Gasteiger partial charge in [-0.3, -0.25) is 53.9 Å². The standard InChI is InChI=1S/C51H77N17O21S4/c69-33(55-22-30(40(75)76)56-34(70)7-2-1-6-32-39-31(23-93-32)57-41(77)58-39)8-9-35(71)65-51(27-87-16-3-10-52-36(72)24-90-19-13-66-45(81)59-42(78)60-46(66)82,28-88-17-4-11-53-37(73)25-91-20-14-67-47(83)61-43(79)62-48(67)84)29-89-18-5-12-54-38(74)26-92-21-15-68-49(85)63-44(80)64-50(68)86/h30-32,39H,1-29H2,(H,52,72)(H,53,73)(H,54,74)(H,55,69)(H,56,70)(H,65,71)(H,75,76)(H2,57,58,77)(H2,59,60,78,81,82)(H2,61,62,79,83,84)(H2,63,64,80,85,86)/p-1/t30-,31-,32-,39-/m0/s1. The Kier molecular flexibility index (Phi) is 32.8. The first-order valence-electron chi connectivity index (χ1n) is 29.3. The summed E-state index contributed by atoms with van der Waals surface area (Å²) >= 11 is 5.09. The SMILES string of the molecule is O=C(CSCCn1c(=O)[nH]c(=O)[nH]c1=O)NCCCOCC(COCCCNC(=O)CSCCn1c(=O)[nH]c(=O)[nH]c1=O)(COCCCNC(=O)CSCCn1c(=O)[nH]c(=O)[nH]c1=O)NC(=O)CCC([O-])=NC[C@H](NC(=O)CCCC[C@@H]1SC[C@@H]2NC(=O)N[C@@H]21)C(=O)O. The van der Waals surface area contributed by atoms with Crippen molar-refractivity contribution in [2.24, 2.45) is 4.99 Å². The highest BCUT2D eigenvalue weighted by atomic mass is 32.2. The third-order valence-electron chi connectivity index (χ3n) is 13.5. The molecule has 0 unspecified atom stereocenters. The van der Waals surface area contributed by atoms with Crippen molar-refractivity contribution in [3.63, 3.8) is 0 Å². The number of aromatic nitrogens is 9. The lowest BCUT2D eigenvalue weighted by atomic mass is 10.0. The summed E-state index contributed by atoms with van der Waals surface area (Å²) in [5, 5.41) is 42.3. The number of ether oxygens (including phenoxy) is 3. The lowest BCUT2D eigenvalue weighted by Gasteiger charge is -2.34. The second-order valence-corrected chi connectivity index (χ2v) is 25.4. The monoisotopic (exact) mass is 1390 g/mol. The Bertz CT molecular complexity index is 3220. The zero-order valence-electron chi connectivity index (χ0n) is 50.3. The molecule has 2 saturated heterocycles. The molecule has 3 aromatic heterocycles. The van der Waals surface area contributed by atoms with Gasteiger partial charge in [0.2, 0.25) is 29.5 Å². The summed E-state index contributed by atoms with van der Waals surface area (Å²) in [6, 6.07) is -1.71. The van der Waals surface area contributed by atoms with Crippen molar-refractivity contribution in [3.05, 3.63) is 94.4 Å². The zero-order chi connectivity index (χ0) is 67.7. The van der Waals surface area contributed by atoms with Crippen LogP contribution in [0.2, 0.25) is 0 Å². The molecule has 5 rings (SSSR count). The van der Waals surface area contributed by atoms with Crippen LogP contribution in [0, 0.1) is 0 Å². The fraction of sp³-hybridized carbons (Fsp3) is 0.667. The molecule has 0 spiro atoms. The number of rotatable bonds is 46. The van der Waals surface area contributed by atoms with Gasteiger partial charge in [-0.25, -0.2) is 66.4 Å². The number of urea groups is 1. The van der Waals surface area contributed by atoms with E-state index in [1.807, 2.05) is 29.9 Å². The van der Waals surface area contributed by atoms with Crippen molar-refractivity contribution >= 4 is 94.5 Å². The van der Waals surface area contributed by atoms with E-state index >= 15 is 0 Å². The van der Waals surface area contributed by atoms with Gasteiger partial charge < -0.3 is 66.6 Å². The number of nitrogens with one attached hydrogen (secondary N) is 13. The van der Waals surface area contributed by atoms with Gasteiger partial charge in [0, 0.05) is 100 Å². The molecule has 4 atom stereocenters. The Hall–Kier alpha value is -7.93. The topological polar surface area (TPSA) is 550 Å². The van der Waals surface area contributed by atoms with E-state index in [1.54, 1.807) is 11.8 Å². The van der Waals surface area contributed by atoms with Crippen molar-refractivity contribution in [2.75, 3.05) is 106 Å². The summed E-state index contributed by atoms with van der Waals surface area (Å²) in [6.45, 7) is -1.32. The van der Waals surface area contributed by atoms with E-state index in [0.29, 0.717) is 12.8 Å². The molecule has 3 aromatic rings. The molecule has 0 aromatic carbocycles. The van der Waals surface area contributed by atoms with E-state index in [0.717, 1.165) is 61.2 Å². The molecule has 0 radical (unpaired) electrons. The molecule has 5 heterocycles. The van der Waals surface area contributed by atoms with Gasteiger partial charge in [0.05, 0.1) is 55.7 Å². The first kappa shape index (κ1) is 75.8. The Labute approximate surface area is 542 Å². The normalized spacial score (nSPS) is 15.6. The fourth-order valence-electron chi connectivity index (χ4n) is 8.90. The molecule has 93 heavy (non-hydrogen) atoms. The average molecular weight is 1390 g/mol. The molecule has 516 valence electrons. The molecule has 0 saturated carbocycles. The molecular formula is C51H76N17O21S4-. The molecular weight excluding hydrogens is 1310 g/mol. The van der Waals surface area contributed by atoms with Crippen LogP contribution < -0.4 is 93.5 Å². The molecule has 2 aliphatic rings. The summed E-state index contributed by atoms with van der Waals surface area (Å²) in [4.78, 5) is 210. The summed E-state index contributed by atoms with van der Waals surface area (Å²) in [6.07, 6.45) is 1.63. The molecule has 14 N–H and O–H groups in total. The highest BCUT2D eigenvalue weighted by molar-refractivity contribution is 8.00. The van der Waals surface area contributed by atoms with Crippen LogP contribution in [-0.2, 0) is 62.6 Å². The molecule has 2 aliphatic heterocycles. The maximum atomic E-state index is 13.8. The number of aliphatic carboxylic acids is 1. The number of amides is 7. The van der Waals surface area contributed by atoms with Gasteiger partial charge in [0.1, 0.15) is 11.6 Å². The van der Waals surface area contributed by atoms with Crippen LogP contribution in [0.1, 0.15) is 57.8 Å². The van der Waals surface area contributed by atoms with Crippen LogP contribution in [0.3, 0.4) is 0 Å². The van der Waals surface area contributed by atoms with Gasteiger partial charge in [-0.15, -0.1) is 0 Å². The minimum atomic E-state index is -1.55. The lowest BCUT2D eigenvalue weighted by molar-refractivity contribution is -0.219. The number of aromatic amines is 6. The van der Waals surface area contributed by atoms with Crippen LogP contribution in [0.15, 0.2) is 48.1 Å². The van der Waals surface area contributed by atoms with E-state index in [4.69, 9.17) is 14.2 Å². The molecule has 0 bridgehead atoms. The van der Waals surface area contributed by atoms with Crippen LogP contribution in [0.5, 0.6) is 0 Å². The highest BCUT2D eigenvalue weighted by Gasteiger charge is 2.42. The number of thioether (sulfide) groups is 4. The van der Waals surface area contributed by atoms with Crippen LogP contribution in [0.4, 0.5) is 4.79 Å². The fourth-order valence-corrected chi connectivity index (χ4v) is 12.7. The van der Waals surface area contributed by atoms with Crippen molar-refractivity contribution in [1.82, 2.24) is 80.8 Å². The Morgan fingerprint density at radius 2 is 0.989 bits per heavy atom. The number of nitrogens with zero attached hydrogens (tertiary/aromatic N) is 4. The Morgan fingerprint density at radius 1 is 0.570 bits per heavy atom. The summed E-state index contributed by atoms with van der Waals surface area (Å²) in [7, 11) is 0. The quantitative estimate of drug-likeness (QED) is 0.0108. The largest absolute Gasteiger partial charge is 0.862 e. The number of carboxylic acids is 1. The van der Waals surface area contributed by atoms with E-state index < -0.39 is 106 Å². The van der Waals surface area contributed by atoms with E-state index in [-0.39, 0.29) is 180 Å². The Morgan fingerprint density at radius 3 is 1.40 bits per heavy atom. The number of unbranched alkanes of at least 4 members (excludes halogenated alkanes) is 1. The number of carbonyl (C=O) groups excluding carboxylic acids is 6. The molecule has 38 nitrogen and oxygen atoms in total. The van der Waals surface area contributed by atoms with E-state index in [2.05, 4.69) is 42.2 Å². The predicted molar refractivity (Wildman–Crippen MR) is 339 cm³/mol. The van der Waals surface area contributed by atoms with Gasteiger partial charge in [0.15, 0.2) is 0 Å². The lowest BCUT2D eigenvalue weighted by Crippen LogP contribution is -2.58. The predicted octanol–water partition coefficient (Wildman–Crippen LogP) is -7.84. The van der Waals surface area contributed by atoms with Gasteiger partial charge in [-0.2, -0.15) is 47.0 Å². The first-order valence-corrected chi connectivity index (χ1v) is 33.8. The third-order valence-corrected chi connectivity index (χ3v) is 17.8. The maximum Gasteiger partial charge on any atom is 0.333 e. The number of carbonyl (C=O) groups is 7. The number of carboxylic acid groups (broad SMARTS) is 1. The minimum absolute atomic E-state index is 0.00350. The first-order chi connectivity index (χ1) is 44.5. The molecule has 0 aliphatic carbocycles. The van der Waals surface area contributed by atoms with Gasteiger partial charge in [-0.1, -0.05) is 6.42 Å². The van der Waals surface area contributed by atoms with E-state index in [9.17, 15) is 86.9 Å². The van der Waals surface area contributed by atoms with Crippen molar-refractivity contribution in [3.8, 4) is 0 Å². The maximum absolute atomic E-state index is 13.8. The van der Waals surface area contributed by atoms with Gasteiger partial charge >= 0.3 is 63.2 Å². The molecule has 42 heteroatoms. The zero-order valence-corrected chi connectivity index (χ0v) is 53.6. The minimum Gasteiger partial charge on any atom is -0.862 e. The number of hydrogen-bond donors (Lipinski definition) is 14. The number of H-pyrrole nitrogens is 6. The smallest absolute Gasteiger partial charge is 0.333 e. The van der Waals surface area contributed by atoms with Crippen LogP contribution in [0.25, 0.3) is 0 Å². The van der Waals surface area contributed by atoms with E-state index in [1.165, 1.54) is 0 Å².